The van der Waals surface area contributed by atoms with Gasteiger partial charge in [0.25, 0.3) is 0 Å². The van der Waals surface area contributed by atoms with Crippen molar-refractivity contribution in [2.24, 2.45) is 0 Å². The molecule has 0 radical (unpaired) electrons. The molecular weight excluding hydrogens is 390 g/mol. The summed E-state index contributed by atoms with van der Waals surface area (Å²) in [5.41, 5.74) is 3.80. The summed E-state index contributed by atoms with van der Waals surface area (Å²) in [7, 11) is 1.64. The van der Waals surface area contributed by atoms with Crippen LogP contribution >= 0.6 is 0 Å². The number of amides is 2. The first-order chi connectivity index (χ1) is 14.9. The maximum atomic E-state index is 13.5. The molecule has 6 nitrogen and oxygen atoms in total. The van der Waals surface area contributed by atoms with Gasteiger partial charge in [-0.25, -0.2) is 0 Å². The number of hydrogen-bond donors (Lipinski definition) is 1. The molecule has 6 heteroatoms. The van der Waals surface area contributed by atoms with Crippen molar-refractivity contribution in [1.82, 2.24) is 14.8 Å². The third-order valence-electron chi connectivity index (χ3n) is 6.76. The Morgan fingerprint density at radius 2 is 1.84 bits per heavy atom. The number of nitrogens with one attached hydrogen (secondary N) is 1. The van der Waals surface area contributed by atoms with Crippen molar-refractivity contribution >= 4 is 22.7 Å². The molecule has 1 N–H and O–H groups in total. The number of benzene rings is 2. The molecule has 31 heavy (non-hydrogen) atoms. The molecule has 0 bridgehead atoms. The van der Waals surface area contributed by atoms with E-state index in [4.69, 9.17) is 4.74 Å². The summed E-state index contributed by atoms with van der Waals surface area (Å²) >= 11 is 0. The van der Waals surface area contributed by atoms with E-state index >= 15 is 0 Å². The third kappa shape index (κ3) is 3.09. The van der Waals surface area contributed by atoms with Crippen LogP contribution in [0.2, 0.25) is 0 Å². The molecule has 1 fully saturated rings. The maximum absolute atomic E-state index is 13.5. The lowest BCUT2D eigenvalue weighted by Gasteiger charge is -2.51. The Labute approximate surface area is 181 Å². The number of fused-ring (bicyclic) bond motifs is 4. The normalized spacial score (nSPS) is 20.0. The summed E-state index contributed by atoms with van der Waals surface area (Å²) in [5.74, 6) is 0.855. The molecule has 2 amide bonds. The van der Waals surface area contributed by atoms with Gasteiger partial charge in [0.15, 0.2) is 0 Å². The van der Waals surface area contributed by atoms with Crippen LogP contribution in [0.25, 0.3) is 10.9 Å². The molecule has 1 saturated heterocycles. The minimum Gasteiger partial charge on any atom is -0.497 e. The summed E-state index contributed by atoms with van der Waals surface area (Å²) in [6, 6.07) is 15.5. The molecule has 2 aromatic carbocycles. The van der Waals surface area contributed by atoms with Crippen molar-refractivity contribution in [3.63, 3.8) is 0 Å². The highest BCUT2D eigenvalue weighted by molar-refractivity contribution is 5.97. The molecule has 160 valence electrons. The molecule has 1 atom stereocenters. The molecule has 1 unspecified atom stereocenters. The topological polar surface area (TPSA) is 65.6 Å². The second kappa shape index (κ2) is 7.15. The molecule has 0 aliphatic carbocycles. The van der Waals surface area contributed by atoms with Crippen molar-refractivity contribution in [1.29, 1.82) is 0 Å². The van der Waals surface area contributed by atoms with Gasteiger partial charge in [-0.2, -0.15) is 0 Å². The number of methoxy groups -OCH3 is 1. The fourth-order valence-electron chi connectivity index (χ4n) is 5.19. The number of piperazine rings is 1. The van der Waals surface area contributed by atoms with Crippen LogP contribution in [0.5, 0.6) is 5.75 Å². The lowest BCUT2D eigenvalue weighted by molar-refractivity contribution is -0.163. The first kappa shape index (κ1) is 19.7. The predicted octanol–water partition coefficient (Wildman–Crippen LogP) is 3.25. The van der Waals surface area contributed by atoms with Gasteiger partial charge in [-0.15, -0.1) is 0 Å². The summed E-state index contributed by atoms with van der Waals surface area (Å²) in [6.45, 7) is 4.73. The smallest absolute Gasteiger partial charge is 0.246 e. The van der Waals surface area contributed by atoms with E-state index in [9.17, 15) is 9.59 Å². The van der Waals surface area contributed by atoms with Crippen LogP contribution in [0.4, 0.5) is 0 Å². The number of hydrogen-bond acceptors (Lipinski definition) is 3. The molecule has 3 heterocycles. The van der Waals surface area contributed by atoms with E-state index in [0.717, 1.165) is 33.5 Å². The maximum Gasteiger partial charge on any atom is 0.246 e. The highest BCUT2D eigenvalue weighted by Crippen LogP contribution is 2.42. The van der Waals surface area contributed by atoms with Crippen LogP contribution in [0.3, 0.4) is 0 Å². The zero-order valence-electron chi connectivity index (χ0n) is 18.1. The van der Waals surface area contributed by atoms with Gasteiger partial charge in [0.1, 0.15) is 11.8 Å². The van der Waals surface area contributed by atoms with Crippen molar-refractivity contribution in [2.45, 2.75) is 38.3 Å². The van der Waals surface area contributed by atoms with E-state index in [-0.39, 0.29) is 18.4 Å². The predicted molar refractivity (Wildman–Crippen MR) is 119 cm³/mol. The first-order valence-electron chi connectivity index (χ1n) is 10.7. The number of para-hydroxylation sites is 1. The lowest BCUT2D eigenvalue weighted by atomic mass is 9.82. The first-order valence-corrected chi connectivity index (χ1v) is 10.7. The van der Waals surface area contributed by atoms with Crippen molar-refractivity contribution < 1.29 is 14.3 Å². The average Bonchev–Trinajstić information content (AvgIpc) is 3.15. The molecular formula is C25H27N3O3. The number of H-pyrrole nitrogens is 1. The van der Waals surface area contributed by atoms with Gasteiger partial charge in [-0.05, 0) is 49.6 Å². The number of aromatic nitrogens is 1. The molecule has 2 aliphatic rings. The fourth-order valence-corrected chi connectivity index (χ4v) is 5.19. The van der Waals surface area contributed by atoms with E-state index in [1.54, 1.807) is 16.9 Å². The van der Waals surface area contributed by atoms with Gasteiger partial charge in [0, 0.05) is 29.6 Å². The van der Waals surface area contributed by atoms with Crippen LogP contribution in [-0.4, -0.2) is 52.8 Å². The number of carbonyl (C=O) groups is 2. The zero-order valence-corrected chi connectivity index (χ0v) is 18.1. The molecule has 2 aliphatic heterocycles. The largest absolute Gasteiger partial charge is 0.497 e. The lowest BCUT2D eigenvalue weighted by Crippen LogP contribution is -2.67. The summed E-state index contributed by atoms with van der Waals surface area (Å²) in [5, 5.41) is 1.14. The number of aromatic amines is 1. The van der Waals surface area contributed by atoms with Gasteiger partial charge in [0.05, 0.1) is 19.2 Å². The monoisotopic (exact) mass is 417 g/mol. The SMILES string of the molecule is COc1ccc(CCN2CC(=O)N3C(Cc4c([nH]c5ccccc45)C3(C)C)C2=O)cc1. The quantitative estimate of drug-likeness (QED) is 0.709. The summed E-state index contributed by atoms with van der Waals surface area (Å²) in [6.07, 6.45) is 1.25. The van der Waals surface area contributed by atoms with Crippen molar-refractivity contribution in [3.05, 3.63) is 65.4 Å². The third-order valence-corrected chi connectivity index (χ3v) is 6.76. The van der Waals surface area contributed by atoms with E-state index < -0.39 is 11.6 Å². The van der Waals surface area contributed by atoms with Gasteiger partial charge in [0.2, 0.25) is 11.8 Å². The highest BCUT2D eigenvalue weighted by atomic mass is 16.5. The van der Waals surface area contributed by atoms with Crippen LogP contribution in [0.1, 0.15) is 30.7 Å². The Morgan fingerprint density at radius 1 is 1.10 bits per heavy atom. The number of ether oxygens (including phenoxy) is 1. The Bertz CT molecular complexity index is 1160. The summed E-state index contributed by atoms with van der Waals surface area (Å²) in [4.78, 5) is 33.7. The average molecular weight is 418 g/mol. The van der Waals surface area contributed by atoms with E-state index in [0.29, 0.717) is 19.4 Å². The van der Waals surface area contributed by atoms with E-state index in [1.165, 1.54) is 0 Å². The molecule has 1 aromatic heterocycles. The number of carbonyl (C=O) groups excluding carboxylic acids is 2. The fraction of sp³-hybridized carbons (Fsp3) is 0.360. The summed E-state index contributed by atoms with van der Waals surface area (Å²) < 4.78 is 5.21. The van der Waals surface area contributed by atoms with Gasteiger partial charge < -0.3 is 19.5 Å². The minimum atomic E-state index is -0.563. The van der Waals surface area contributed by atoms with Crippen molar-refractivity contribution in [3.8, 4) is 5.75 Å². The standard InChI is InChI=1S/C25H27N3O3/c1-25(2)23-19(18-6-4-5-7-20(18)26-23)14-21-24(30)27(15-22(29)28(21)25)13-12-16-8-10-17(31-3)11-9-16/h4-11,21,26H,12-15H2,1-3H3. The molecule has 0 spiro atoms. The van der Waals surface area contributed by atoms with Crippen LogP contribution < -0.4 is 4.74 Å². The molecule has 0 saturated carbocycles. The van der Waals surface area contributed by atoms with E-state index in [2.05, 4.69) is 11.1 Å². The Kier molecular flexibility index (Phi) is 4.54. The van der Waals surface area contributed by atoms with Crippen LogP contribution in [0, 0.1) is 0 Å². The van der Waals surface area contributed by atoms with Gasteiger partial charge in [-0.3, -0.25) is 9.59 Å². The second-order valence-corrected chi connectivity index (χ2v) is 8.92. The zero-order chi connectivity index (χ0) is 21.8. The van der Waals surface area contributed by atoms with Crippen LogP contribution in [0.15, 0.2) is 48.5 Å². The van der Waals surface area contributed by atoms with Gasteiger partial charge >= 0.3 is 0 Å². The highest BCUT2D eigenvalue weighted by Gasteiger charge is 2.51. The molecule has 3 aromatic rings. The van der Waals surface area contributed by atoms with Crippen molar-refractivity contribution in [2.75, 3.05) is 20.2 Å². The Morgan fingerprint density at radius 3 is 2.58 bits per heavy atom. The van der Waals surface area contributed by atoms with Gasteiger partial charge in [-0.1, -0.05) is 30.3 Å². The Hall–Kier alpha value is -3.28. The van der Waals surface area contributed by atoms with Crippen LogP contribution in [-0.2, 0) is 28.0 Å². The minimum absolute atomic E-state index is 0.00800. The van der Waals surface area contributed by atoms with E-state index in [1.807, 2.05) is 56.3 Å². The number of rotatable bonds is 4. The Balaban J connectivity index is 1.42. The number of nitrogens with zero attached hydrogens (tertiary/aromatic N) is 2. The molecule has 5 rings (SSSR count). The second-order valence-electron chi connectivity index (χ2n) is 8.92.